The van der Waals surface area contributed by atoms with Gasteiger partial charge in [-0.2, -0.15) is 13.2 Å². The molecule has 0 bridgehead atoms. The van der Waals surface area contributed by atoms with Crippen molar-refractivity contribution in [1.29, 1.82) is 0 Å². The normalized spacial score (nSPS) is 13.2. The molecule has 0 saturated heterocycles. The molecule has 1 aromatic heterocycles. The van der Waals surface area contributed by atoms with E-state index in [1.807, 2.05) is 0 Å². The van der Waals surface area contributed by atoms with Gasteiger partial charge in [0, 0.05) is 18.3 Å². The lowest BCUT2D eigenvalue weighted by molar-refractivity contribution is -0.384. The molecule has 1 heterocycles. The van der Waals surface area contributed by atoms with Crippen molar-refractivity contribution in [3.63, 3.8) is 0 Å². The standard InChI is InChI=1S/C9H10F3N3O3/c1-5(4-16)14-8-7(15(17)18)2-6(3-13-8)9(10,11)12/h2-3,5,16H,4H2,1H3,(H,13,14). The van der Waals surface area contributed by atoms with E-state index in [1.165, 1.54) is 6.92 Å². The highest BCUT2D eigenvalue weighted by molar-refractivity contribution is 5.57. The van der Waals surface area contributed by atoms with E-state index in [2.05, 4.69) is 10.3 Å². The van der Waals surface area contributed by atoms with Crippen molar-refractivity contribution in [1.82, 2.24) is 4.98 Å². The zero-order valence-corrected chi connectivity index (χ0v) is 9.23. The molecule has 1 atom stereocenters. The van der Waals surface area contributed by atoms with Gasteiger partial charge in [0.05, 0.1) is 17.1 Å². The number of alkyl halides is 3. The van der Waals surface area contributed by atoms with Gasteiger partial charge in [-0.05, 0) is 6.92 Å². The number of anilines is 1. The average molecular weight is 265 g/mol. The van der Waals surface area contributed by atoms with Crippen molar-refractivity contribution in [2.75, 3.05) is 11.9 Å². The molecule has 0 aliphatic heterocycles. The molecule has 0 aliphatic rings. The number of aromatic nitrogens is 1. The number of hydrogen-bond donors (Lipinski definition) is 2. The minimum atomic E-state index is -4.70. The van der Waals surface area contributed by atoms with Gasteiger partial charge in [0.2, 0.25) is 5.82 Å². The molecule has 0 radical (unpaired) electrons. The summed E-state index contributed by atoms with van der Waals surface area (Å²) < 4.78 is 37.1. The van der Waals surface area contributed by atoms with Crippen molar-refractivity contribution in [3.05, 3.63) is 27.9 Å². The Bertz CT molecular complexity index is 450. The van der Waals surface area contributed by atoms with Crippen LogP contribution >= 0.6 is 0 Å². The van der Waals surface area contributed by atoms with Gasteiger partial charge >= 0.3 is 11.9 Å². The molecule has 0 aliphatic carbocycles. The summed E-state index contributed by atoms with van der Waals surface area (Å²) in [5.74, 6) is -0.311. The number of rotatable bonds is 4. The number of hydrogen-bond acceptors (Lipinski definition) is 5. The van der Waals surface area contributed by atoms with Crippen molar-refractivity contribution >= 4 is 11.5 Å². The van der Waals surface area contributed by atoms with Crippen LogP contribution in [0.2, 0.25) is 0 Å². The Labute approximate surface area is 99.6 Å². The molecule has 18 heavy (non-hydrogen) atoms. The first-order valence-electron chi connectivity index (χ1n) is 4.84. The molecule has 2 N–H and O–H groups in total. The van der Waals surface area contributed by atoms with E-state index < -0.39 is 28.4 Å². The molecule has 0 amide bonds. The topological polar surface area (TPSA) is 88.3 Å². The van der Waals surface area contributed by atoms with Crippen LogP contribution in [0.15, 0.2) is 12.3 Å². The summed E-state index contributed by atoms with van der Waals surface area (Å²) in [5, 5.41) is 21.9. The largest absolute Gasteiger partial charge is 0.418 e. The van der Waals surface area contributed by atoms with Crippen molar-refractivity contribution in [3.8, 4) is 0 Å². The number of pyridine rings is 1. The predicted molar refractivity (Wildman–Crippen MR) is 56.1 cm³/mol. The Morgan fingerprint density at radius 2 is 2.22 bits per heavy atom. The minimum absolute atomic E-state index is 0.311. The molecular weight excluding hydrogens is 255 g/mol. The molecule has 9 heteroatoms. The quantitative estimate of drug-likeness (QED) is 0.640. The van der Waals surface area contributed by atoms with Gasteiger partial charge in [-0.1, -0.05) is 0 Å². The second-order valence-electron chi connectivity index (χ2n) is 3.57. The highest BCUT2D eigenvalue weighted by Gasteiger charge is 2.34. The second kappa shape index (κ2) is 5.17. The summed E-state index contributed by atoms with van der Waals surface area (Å²) >= 11 is 0. The summed E-state index contributed by atoms with van der Waals surface area (Å²) in [5.41, 5.74) is -1.98. The van der Waals surface area contributed by atoms with Gasteiger partial charge in [0.15, 0.2) is 0 Å². The van der Waals surface area contributed by atoms with Gasteiger partial charge in [0.1, 0.15) is 0 Å². The number of aliphatic hydroxyl groups is 1. The van der Waals surface area contributed by atoms with E-state index in [9.17, 15) is 23.3 Å². The third-order valence-corrected chi connectivity index (χ3v) is 2.05. The number of nitrogens with zero attached hydrogens (tertiary/aromatic N) is 2. The van der Waals surface area contributed by atoms with Crippen molar-refractivity contribution in [2.24, 2.45) is 0 Å². The maximum absolute atomic E-state index is 12.4. The Balaban J connectivity index is 3.17. The van der Waals surface area contributed by atoms with Crippen LogP contribution in [-0.4, -0.2) is 27.7 Å². The van der Waals surface area contributed by atoms with E-state index in [1.54, 1.807) is 0 Å². The van der Waals surface area contributed by atoms with Gasteiger partial charge < -0.3 is 10.4 Å². The average Bonchev–Trinajstić information content (AvgIpc) is 2.27. The second-order valence-corrected chi connectivity index (χ2v) is 3.57. The molecular formula is C9H10F3N3O3. The first kappa shape index (κ1) is 14.2. The van der Waals surface area contributed by atoms with Gasteiger partial charge in [-0.3, -0.25) is 10.1 Å². The number of nitro groups is 1. The number of halogens is 3. The first-order valence-corrected chi connectivity index (χ1v) is 4.84. The van der Waals surface area contributed by atoms with E-state index >= 15 is 0 Å². The van der Waals surface area contributed by atoms with Crippen molar-refractivity contribution < 1.29 is 23.2 Å². The summed E-state index contributed by atoms with van der Waals surface area (Å²) in [7, 11) is 0. The number of aliphatic hydroxyl groups excluding tert-OH is 1. The molecule has 0 saturated carbocycles. The highest BCUT2D eigenvalue weighted by Crippen LogP contribution is 2.33. The third-order valence-electron chi connectivity index (χ3n) is 2.05. The fraction of sp³-hybridized carbons (Fsp3) is 0.444. The van der Waals surface area contributed by atoms with E-state index in [-0.39, 0.29) is 12.4 Å². The lowest BCUT2D eigenvalue weighted by Gasteiger charge is -2.12. The van der Waals surface area contributed by atoms with Gasteiger partial charge in [-0.15, -0.1) is 0 Å². The monoisotopic (exact) mass is 265 g/mol. The van der Waals surface area contributed by atoms with Gasteiger partial charge in [0.25, 0.3) is 0 Å². The maximum Gasteiger partial charge on any atom is 0.418 e. The van der Waals surface area contributed by atoms with Crippen LogP contribution in [0.5, 0.6) is 0 Å². The molecule has 0 spiro atoms. The summed E-state index contributed by atoms with van der Waals surface area (Å²) in [6, 6.07) is -0.160. The predicted octanol–water partition coefficient (Wildman–Crippen LogP) is 1.80. The fourth-order valence-electron chi connectivity index (χ4n) is 1.14. The van der Waals surface area contributed by atoms with Crippen LogP contribution < -0.4 is 5.32 Å². The summed E-state index contributed by atoms with van der Waals surface area (Å²) in [4.78, 5) is 13.1. The van der Waals surface area contributed by atoms with Crippen LogP contribution in [0.4, 0.5) is 24.7 Å². The Kier molecular flexibility index (Phi) is 4.07. The number of nitrogens with one attached hydrogen (secondary N) is 1. The lowest BCUT2D eigenvalue weighted by Crippen LogP contribution is -2.21. The summed E-state index contributed by atoms with van der Waals surface area (Å²) in [6.45, 7) is 1.17. The van der Waals surface area contributed by atoms with Gasteiger partial charge in [-0.25, -0.2) is 4.98 Å². The van der Waals surface area contributed by atoms with Crippen LogP contribution in [0.1, 0.15) is 12.5 Å². The Morgan fingerprint density at radius 1 is 1.61 bits per heavy atom. The van der Waals surface area contributed by atoms with E-state index in [4.69, 9.17) is 5.11 Å². The van der Waals surface area contributed by atoms with E-state index in [0.29, 0.717) is 12.3 Å². The van der Waals surface area contributed by atoms with E-state index in [0.717, 1.165) is 0 Å². The van der Waals surface area contributed by atoms with Crippen LogP contribution in [-0.2, 0) is 6.18 Å². The zero-order chi connectivity index (χ0) is 13.9. The Hall–Kier alpha value is -1.90. The zero-order valence-electron chi connectivity index (χ0n) is 9.23. The summed E-state index contributed by atoms with van der Waals surface area (Å²) in [6.07, 6.45) is -4.20. The first-order chi connectivity index (χ1) is 8.25. The molecule has 6 nitrogen and oxygen atoms in total. The molecule has 1 aromatic rings. The molecule has 0 aromatic carbocycles. The third kappa shape index (κ3) is 3.29. The minimum Gasteiger partial charge on any atom is -0.394 e. The maximum atomic E-state index is 12.4. The Morgan fingerprint density at radius 3 is 2.67 bits per heavy atom. The molecule has 1 unspecified atom stereocenters. The molecule has 0 fully saturated rings. The van der Waals surface area contributed by atoms with Crippen molar-refractivity contribution in [2.45, 2.75) is 19.1 Å². The highest BCUT2D eigenvalue weighted by atomic mass is 19.4. The molecule has 100 valence electrons. The lowest BCUT2D eigenvalue weighted by atomic mass is 10.2. The fourth-order valence-corrected chi connectivity index (χ4v) is 1.14. The molecule has 1 rings (SSSR count). The SMILES string of the molecule is CC(CO)Nc1ncc(C(F)(F)F)cc1[N+](=O)[O-]. The van der Waals surface area contributed by atoms with Crippen LogP contribution in [0, 0.1) is 10.1 Å². The smallest absolute Gasteiger partial charge is 0.394 e. The van der Waals surface area contributed by atoms with Crippen LogP contribution in [0.3, 0.4) is 0 Å². The van der Waals surface area contributed by atoms with Crippen LogP contribution in [0.25, 0.3) is 0 Å².